The number of hydrogen-bond acceptors (Lipinski definition) is 3. The minimum atomic E-state index is -0.279. The summed E-state index contributed by atoms with van der Waals surface area (Å²) in [6.45, 7) is 1.93. The first-order valence-corrected chi connectivity index (χ1v) is 6.96. The van der Waals surface area contributed by atoms with E-state index in [9.17, 15) is 9.59 Å². The molecular formula is C14H15N3O2S. The van der Waals surface area contributed by atoms with Gasteiger partial charge in [0.1, 0.15) is 0 Å². The van der Waals surface area contributed by atoms with Crippen LogP contribution in [0.2, 0.25) is 0 Å². The molecule has 0 fully saturated rings. The van der Waals surface area contributed by atoms with Gasteiger partial charge in [-0.15, -0.1) is 11.3 Å². The Bertz CT molecular complexity index is 596. The molecule has 3 amide bonds. The fraction of sp³-hybridized carbons (Fsp3) is 0.143. The predicted molar refractivity (Wildman–Crippen MR) is 80.9 cm³/mol. The number of anilines is 2. The number of carbonyl (C=O) groups is 2. The van der Waals surface area contributed by atoms with Crippen molar-refractivity contribution < 1.29 is 9.59 Å². The van der Waals surface area contributed by atoms with Gasteiger partial charge < -0.3 is 16.0 Å². The quantitative estimate of drug-likeness (QED) is 0.809. The minimum absolute atomic E-state index is 0.149. The summed E-state index contributed by atoms with van der Waals surface area (Å²) in [6, 6.07) is 10.6. The molecule has 0 saturated carbocycles. The van der Waals surface area contributed by atoms with Crippen LogP contribution >= 0.6 is 11.3 Å². The lowest BCUT2D eigenvalue weighted by Gasteiger charge is -2.08. The van der Waals surface area contributed by atoms with Gasteiger partial charge in [-0.2, -0.15) is 0 Å². The lowest BCUT2D eigenvalue weighted by atomic mass is 10.3. The highest BCUT2D eigenvalue weighted by Crippen LogP contribution is 2.15. The van der Waals surface area contributed by atoms with Gasteiger partial charge >= 0.3 is 6.03 Å². The van der Waals surface area contributed by atoms with E-state index < -0.39 is 0 Å². The van der Waals surface area contributed by atoms with Gasteiger partial charge in [-0.1, -0.05) is 12.1 Å². The summed E-state index contributed by atoms with van der Waals surface area (Å²) < 4.78 is 0. The molecule has 1 aromatic carbocycles. The zero-order valence-electron chi connectivity index (χ0n) is 11.0. The monoisotopic (exact) mass is 289 g/mol. The van der Waals surface area contributed by atoms with Crippen LogP contribution in [0.1, 0.15) is 11.8 Å². The largest absolute Gasteiger partial charge is 0.333 e. The smallest absolute Gasteiger partial charge is 0.319 e. The van der Waals surface area contributed by atoms with E-state index in [2.05, 4.69) is 16.0 Å². The lowest BCUT2D eigenvalue weighted by Crippen LogP contribution is -2.27. The Kier molecular flexibility index (Phi) is 4.73. The van der Waals surface area contributed by atoms with Crippen molar-refractivity contribution >= 4 is 34.6 Å². The summed E-state index contributed by atoms with van der Waals surface area (Å²) >= 11 is 1.59. The van der Waals surface area contributed by atoms with E-state index in [0.717, 1.165) is 4.88 Å². The van der Waals surface area contributed by atoms with Crippen LogP contribution in [0.15, 0.2) is 41.8 Å². The van der Waals surface area contributed by atoms with Crippen molar-refractivity contribution in [1.82, 2.24) is 5.32 Å². The zero-order valence-corrected chi connectivity index (χ0v) is 11.8. The molecule has 0 aliphatic rings. The van der Waals surface area contributed by atoms with Gasteiger partial charge in [-0.25, -0.2) is 4.79 Å². The molecule has 20 heavy (non-hydrogen) atoms. The summed E-state index contributed by atoms with van der Waals surface area (Å²) in [5.41, 5.74) is 1.27. The number of carbonyl (C=O) groups excluding carboxylic acids is 2. The fourth-order valence-corrected chi connectivity index (χ4v) is 2.28. The third kappa shape index (κ3) is 4.40. The molecule has 1 heterocycles. The maximum atomic E-state index is 11.7. The highest BCUT2D eigenvalue weighted by molar-refractivity contribution is 7.09. The summed E-state index contributed by atoms with van der Waals surface area (Å²) in [6.07, 6.45) is 0. The number of hydrogen-bond donors (Lipinski definition) is 3. The number of thiophene rings is 1. The number of benzene rings is 1. The van der Waals surface area contributed by atoms with Gasteiger partial charge in [0.15, 0.2) is 0 Å². The van der Waals surface area contributed by atoms with Crippen molar-refractivity contribution in [3.63, 3.8) is 0 Å². The molecule has 0 aliphatic heterocycles. The van der Waals surface area contributed by atoms with Crippen LogP contribution in [0, 0.1) is 0 Å². The van der Waals surface area contributed by atoms with Crippen molar-refractivity contribution in [3.05, 3.63) is 46.7 Å². The maximum absolute atomic E-state index is 11.7. The van der Waals surface area contributed by atoms with Crippen molar-refractivity contribution in [2.45, 2.75) is 13.5 Å². The Hall–Kier alpha value is -2.34. The molecule has 5 nitrogen and oxygen atoms in total. The van der Waals surface area contributed by atoms with E-state index in [1.807, 2.05) is 17.5 Å². The van der Waals surface area contributed by atoms with Crippen LogP contribution in [0.25, 0.3) is 0 Å². The summed E-state index contributed by atoms with van der Waals surface area (Å²) in [7, 11) is 0. The molecule has 0 spiro atoms. The summed E-state index contributed by atoms with van der Waals surface area (Å²) in [5, 5.41) is 10.1. The molecule has 6 heteroatoms. The van der Waals surface area contributed by atoms with Gasteiger partial charge in [0.2, 0.25) is 5.91 Å². The van der Waals surface area contributed by atoms with Gasteiger partial charge in [-0.3, -0.25) is 4.79 Å². The molecule has 0 bridgehead atoms. The van der Waals surface area contributed by atoms with Crippen LogP contribution in [-0.2, 0) is 11.3 Å². The van der Waals surface area contributed by atoms with Gasteiger partial charge in [0.05, 0.1) is 6.54 Å². The first kappa shape index (κ1) is 14.1. The number of urea groups is 1. The lowest BCUT2D eigenvalue weighted by molar-refractivity contribution is -0.114. The second kappa shape index (κ2) is 6.72. The van der Waals surface area contributed by atoms with Crippen molar-refractivity contribution in [2.24, 2.45) is 0 Å². The average Bonchev–Trinajstić information content (AvgIpc) is 2.89. The van der Waals surface area contributed by atoms with E-state index in [1.165, 1.54) is 6.92 Å². The summed E-state index contributed by atoms with van der Waals surface area (Å²) in [5.74, 6) is -0.149. The van der Waals surface area contributed by atoms with Crippen molar-refractivity contribution in [1.29, 1.82) is 0 Å². The maximum Gasteiger partial charge on any atom is 0.319 e. The topological polar surface area (TPSA) is 70.2 Å². The molecule has 1 aromatic heterocycles. The van der Waals surface area contributed by atoms with Gasteiger partial charge in [0.25, 0.3) is 0 Å². The second-order valence-corrected chi connectivity index (χ2v) is 5.18. The molecule has 2 rings (SSSR count). The van der Waals surface area contributed by atoms with Crippen LogP contribution in [-0.4, -0.2) is 11.9 Å². The second-order valence-electron chi connectivity index (χ2n) is 4.15. The Morgan fingerprint density at radius 2 is 1.85 bits per heavy atom. The van der Waals surface area contributed by atoms with Crippen molar-refractivity contribution in [2.75, 3.05) is 10.6 Å². The van der Waals surface area contributed by atoms with Crippen LogP contribution in [0.5, 0.6) is 0 Å². The molecule has 0 atom stereocenters. The highest BCUT2D eigenvalue weighted by Gasteiger charge is 2.03. The third-order valence-electron chi connectivity index (χ3n) is 2.44. The molecular weight excluding hydrogens is 274 g/mol. The standard InChI is InChI=1S/C14H15N3O2S/c1-10(18)16-11-4-2-5-12(8-11)17-14(19)15-9-13-6-3-7-20-13/h2-8H,9H2,1H3,(H,16,18)(H2,15,17,19). The third-order valence-corrected chi connectivity index (χ3v) is 3.32. The molecule has 0 aliphatic carbocycles. The van der Waals surface area contributed by atoms with Gasteiger partial charge in [0, 0.05) is 23.2 Å². The Labute approximate surface area is 121 Å². The average molecular weight is 289 g/mol. The Morgan fingerprint density at radius 3 is 2.50 bits per heavy atom. The molecule has 0 unspecified atom stereocenters. The predicted octanol–water partition coefficient (Wildman–Crippen LogP) is 3.03. The van der Waals surface area contributed by atoms with E-state index in [1.54, 1.807) is 35.6 Å². The fourth-order valence-electron chi connectivity index (χ4n) is 1.63. The molecule has 3 N–H and O–H groups in total. The van der Waals surface area contributed by atoms with E-state index in [0.29, 0.717) is 17.9 Å². The Morgan fingerprint density at radius 1 is 1.10 bits per heavy atom. The van der Waals surface area contributed by atoms with Crippen molar-refractivity contribution in [3.8, 4) is 0 Å². The number of amides is 3. The highest BCUT2D eigenvalue weighted by atomic mass is 32.1. The van der Waals surface area contributed by atoms with Crippen LogP contribution in [0.4, 0.5) is 16.2 Å². The van der Waals surface area contributed by atoms with E-state index >= 15 is 0 Å². The van der Waals surface area contributed by atoms with Crippen LogP contribution < -0.4 is 16.0 Å². The van der Waals surface area contributed by atoms with E-state index in [-0.39, 0.29) is 11.9 Å². The molecule has 0 saturated heterocycles. The number of nitrogens with one attached hydrogen (secondary N) is 3. The minimum Gasteiger partial charge on any atom is -0.333 e. The summed E-state index contributed by atoms with van der Waals surface area (Å²) in [4.78, 5) is 23.8. The molecule has 0 radical (unpaired) electrons. The SMILES string of the molecule is CC(=O)Nc1cccc(NC(=O)NCc2cccs2)c1. The van der Waals surface area contributed by atoms with E-state index in [4.69, 9.17) is 0 Å². The zero-order chi connectivity index (χ0) is 14.4. The van der Waals surface area contributed by atoms with Crippen LogP contribution in [0.3, 0.4) is 0 Å². The molecule has 2 aromatic rings. The molecule has 104 valence electrons. The normalized spacial score (nSPS) is 9.85. The first-order chi connectivity index (χ1) is 9.63. The number of rotatable bonds is 4. The Balaban J connectivity index is 1.88. The van der Waals surface area contributed by atoms with Gasteiger partial charge in [-0.05, 0) is 29.6 Å². The first-order valence-electron chi connectivity index (χ1n) is 6.08.